The molecule has 0 aliphatic rings. The molecular formula is C14H14ClNO2S. The van der Waals surface area contributed by atoms with Gasteiger partial charge >= 0.3 is 5.97 Å². The Labute approximate surface area is 120 Å². The second-order valence-corrected chi connectivity index (χ2v) is 5.61. The molecule has 100 valence electrons. The highest BCUT2D eigenvalue weighted by Gasteiger charge is 2.14. The van der Waals surface area contributed by atoms with Gasteiger partial charge in [-0.1, -0.05) is 36.7 Å². The van der Waals surface area contributed by atoms with Gasteiger partial charge in [0.2, 0.25) is 0 Å². The number of nitrogens with zero attached hydrogens (tertiary/aromatic N) is 1. The summed E-state index contributed by atoms with van der Waals surface area (Å²) in [6, 6.07) is 7.57. The van der Waals surface area contributed by atoms with E-state index in [2.05, 4.69) is 4.98 Å². The van der Waals surface area contributed by atoms with Gasteiger partial charge in [-0.25, -0.2) is 4.98 Å². The molecule has 0 saturated heterocycles. The summed E-state index contributed by atoms with van der Waals surface area (Å²) in [5.74, 6) is -0.783. The fourth-order valence-electron chi connectivity index (χ4n) is 1.83. The van der Waals surface area contributed by atoms with Gasteiger partial charge in [0.15, 0.2) is 0 Å². The maximum Gasteiger partial charge on any atom is 0.303 e. The summed E-state index contributed by atoms with van der Waals surface area (Å²) in [6.45, 7) is 2.02. The standard InChI is InChI=1S/C14H14ClNO2S/c1-2-11-12(7-8-13(17)18)19-14(16-11)9-5-3-4-6-10(9)15/h3-6H,2,7-8H2,1H3,(H,17,18). The predicted molar refractivity (Wildman–Crippen MR) is 77.9 cm³/mol. The minimum Gasteiger partial charge on any atom is -0.481 e. The molecular weight excluding hydrogens is 282 g/mol. The van der Waals surface area contributed by atoms with E-state index in [0.717, 1.165) is 27.6 Å². The molecule has 1 aromatic carbocycles. The Morgan fingerprint density at radius 1 is 1.42 bits per heavy atom. The van der Waals surface area contributed by atoms with Gasteiger partial charge in [-0.3, -0.25) is 4.79 Å². The van der Waals surface area contributed by atoms with Crippen molar-refractivity contribution in [2.45, 2.75) is 26.2 Å². The molecule has 0 aliphatic heterocycles. The predicted octanol–water partition coefficient (Wildman–Crippen LogP) is 4.04. The first-order valence-corrected chi connectivity index (χ1v) is 7.26. The number of halogens is 1. The fraction of sp³-hybridized carbons (Fsp3) is 0.286. The highest BCUT2D eigenvalue weighted by atomic mass is 35.5. The maximum atomic E-state index is 10.7. The number of hydrogen-bond donors (Lipinski definition) is 1. The first-order chi connectivity index (χ1) is 9.11. The van der Waals surface area contributed by atoms with E-state index in [1.54, 1.807) is 0 Å². The summed E-state index contributed by atoms with van der Waals surface area (Å²) < 4.78 is 0. The molecule has 0 saturated carbocycles. The van der Waals surface area contributed by atoms with Crippen LogP contribution in [0, 0.1) is 0 Å². The van der Waals surface area contributed by atoms with E-state index >= 15 is 0 Å². The van der Waals surface area contributed by atoms with Crippen molar-refractivity contribution in [3.63, 3.8) is 0 Å². The molecule has 0 unspecified atom stereocenters. The van der Waals surface area contributed by atoms with Gasteiger partial charge in [-0.05, 0) is 18.9 Å². The van der Waals surface area contributed by atoms with Crippen LogP contribution >= 0.6 is 22.9 Å². The number of carboxylic acids is 1. The zero-order valence-corrected chi connectivity index (χ0v) is 12.1. The zero-order chi connectivity index (χ0) is 13.8. The van der Waals surface area contributed by atoms with Crippen molar-refractivity contribution >= 4 is 28.9 Å². The van der Waals surface area contributed by atoms with Crippen LogP contribution in [-0.2, 0) is 17.6 Å². The Bertz CT molecular complexity index is 595. The first kappa shape index (κ1) is 14.0. The minimum atomic E-state index is -0.783. The minimum absolute atomic E-state index is 0.136. The second kappa shape index (κ2) is 6.17. The Morgan fingerprint density at radius 3 is 2.79 bits per heavy atom. The van der Waals surface area contributed by atoms with Crippen molar-refractivity contribution in [1.82, 2.24) is 4.98 Å². The smallest absolute Gasteiger partial charge is 0.303 e. The summed E-state index contributed by atoms with van der Waals surface area (Å²) in [6.07, 6.45) is 1.47. The van der Waals surface area contributed by atoms with E-state index in [9.17, 15) is 4.79 Å². The molecule has 2 rings (SSSR count). The average molecular weight is 296 g/mol. The number of hydrogen-bond acceptors (Lipinski definition) is 3. The zero-order valence-electron chi connectivity index (χ0n) is 10.5. The number of aliphatic carboxylic acids is 1. The van der Waals surface area contributed by atoms with Crippen LogP contribution in [0.5, 0.6) is 0 Å². The van der Waals surface area contributed by atoms with Crippen LogP contribution in [0.4, 0.5) is 0 Å². The normalized spacial score (nSPS) is 10.6. The third-order valence-corrected chi connectivity index (χ3v) is 4.30. The highest BCUT2D eigenvalue weighted by molar-refractivity contribution is 7.15. The number of benzene rings is 1. The van der Waals surface area contributed by atoms with Gasteiger partial charge in [-0.15, -0.1) is 11.3 Å². The third-order valence-electron chi connectivity index (χ3n) is 2.78. The molecule has 1 heterocycles. The Kier molecular flexibility index (Phi) is 4.56. The molecule has 0 fully saturated rings. The number of aromatic nitrogens is 1. The van der Waals surface area contributed by atoms with E-state index in [0.29, 0.717) is 11.4 Å². The van der Waals surface area contributed by atoms with Gasteiger partial charge < -0.3 is 5.11 Å². The summed E-state index contributed by atoms with van der Waals surface area (Å²) in [5.41, 5.74) is 1.88. The lowest BCUT2D eigenvalue weighted by Crippen LogP contribution is -1.98. The maximum absolute atomic E-state index is 10.7. The lowest BCUT2D eigenvalue weighted by Gasteiger charge is -1.98. The van der Waals surface area contributed by atoms with Crippen molar-refractivity contribution in [2.24, 2.45) is 0 Å². The van der Waals surface area contributed by atoms with Crippen molar-refractivity contribution in [3.05, 3.63) is 39.9 Å². The number of rotatable bonds is 5. The van der Waals surface area contributed by atoms with Gasteiger partial charge in [0.25, 0.3) is 0 Å². The highest BCUT2D eigenvalue weighted by Crippen LogP contribution is 2.33. The summed E-state index contributed by atoms with van der Waals surface area (Å²) in [5, 5.41) is 10.3. The molecule has 3 nitrogen and oxygen atoms in total. The number of thiazole rings is 1. The molecule has 19 heavy (non-hydrogen) atoms. The number of carbonyl (C=O) groups is 1. The van der Waals surface area contributed by atoms with E-state index in [1.165, 1.54) is 11.3 Å². The van der Waals surface area contributed by atoms with E-state index in [1.807, 2.05) is 31.2 Å². The number of aryl methyl sites for hydroxylation is 2. The molecule has 5 heteroatoms. The van der Waals surface area contributed by atoms with E-state index in [-0.39, 0.29) is 6.42 Å². The summed E-state index contributed by atoms with van der Waals surface area (Å²) >= 11 is 7.70. The topological polar surface area (TPSA) is 50.2 Å². The Morgan fingerprint density at radius 2 is 2.16 bits per heavy atom. The van der Waals surface area contributed by atoms with E-state index in [4.69, 9.17) is 16.7 Å². The summed E-state index contributed by atoms with van der Waals surface area (Å²) in [4.78, 5) is 16.3. The molecule has 1 N–H and O–H groups in total. The fourth-order valence-corrected chi connectivity index (χ4v) is 3.30. The third kappa shape index (κ3) is 3.33. The largest absolute Gasteiger partial charge is 0.481 e. The van der Waals surface area contributed by atoms with Crippen LogP contribution in [0.25, 0.3) is 10.6 Å². The molecule has 0 bridgehead atoms. The number of carboxylic acid groups (broad SMARTS) is 1. The van der Waals surface area contributed by atoms with Crippen molar-refractivity contribution in [3.8, 4) is 10.6 Å². The average Bonchev–Trinajstić information content (AvgIpc) is 2.80. The molecule has 2 aromatic rings. The monoisotopic (exact) mass is 295 g/mol. The lowest BCUT2D eigenvalue weighted by atomic mass is 10.2. The van der Waals surface area contributed by atoms with Crippen molar-refractivity contribution in [1.29, 1.82) is 0 Å². The molecule has 1 aromatic heterocycles. The van der Waals surface area contributed by atoms with Gasteiger partial charge in [0.1, 0.15) is 5.01 Å². The van der Waals surface area contributed by atoms with Crippen LogP contribution in [0.2, 0.25) is 5.02 Å². The Hall–Kier alpha value is -1.39. The molecule has 0 radical (unpaired) electrons. The van der Waals surface area contributed by atoms with Gasteiger partial charge in [0, 0.05) is 10.4 Å². The second-order valence-electron chi connectivity index (χ2n) is 4.12. The van der Waals surface area contributed by atoms with Crippen LogP contribution in [0.15, 0.2) is 24.3 Å². The molecule has 0 aliphatic carbocycles. The van der Waals surface area contributed by atoms with Crippen molar-refractivity contribution in [2.75, 3.05) is 0 Å². The van der Waals surface area contributed by atoms with Gasteiger partial charge in [-0.2, -0.15) is 0 Å². The molecule has 0 atom stereocenters. The van der Waals surface area contributed by atoms with Crippen LogP contribution in [0.1, 0.15) is 23.9 Å². The first-order valence-electron chi connectivity index (χ1n) is 6.07. The quantitative estimate of drug-likeness (QED) is 0.905. The van der Waals surface area contributed by atoms with Crippen molar-refractivity contribution < 1.29 is 9.90 Å². The lowest BCUT2D eigenvalue weighted by molar-refractivity contribution is -0.136. The Balaban J connectivity index is 2.33. The van der Waals surface area contributed by atoms with Crippen LogP contribution < -0.4 is 0 Å². The molecule has 0 spiro atoms. The molecule has 0 amide bonds. The van der Waals surface area contributed by atoms with Crippen LogP contribution in [0.3, 0.4) is 0 Å². The SMILES string of the molecule is CCc1nc(-c2ccccc2Cl)sc1CCC(=O)O. The van der Waals surface area contributed by atoms with E-state index < -0.39 is 5.97 Å². The van der Waals surface area contributed by atoms with Crippen LogP contribution in [-0.4, -0.2) is 16.1 Å². The summed E-state index contributed by atoms with van der Waals surface area (Å²) in [7, 11) is 0. The van der Waals surface area contributed by atoms with Gasteiger partial charge in [0.05, 0.1) is 17.1 Å².